The first-order valence-electron chi connectivity index (χ1n) is 12.8. The molecule has 9 heteroatoms. The van der Waals surface area contributed by atoms with E-state index in [9.17, 15) is 9.59 Å². The third kappa shape index (κ3) is 4.84. The monoisotopic (exact) mass is 545 g/mol. The van der Waals surface area contributed by atoms with Crippen molar-refractivity contribution >= 4 is 34.3 Å². The minimum atomic E-state index is -0.758. The number of thiazole rings is 1. The zero-order chi connectivity index (χ0) is 27.7. The lowest BCUT2D eigenvalue weighted by molar-refractivity contribution is -0.140. The SMILES string of the molecule is COCCOC(=O)C1=C(C)N=c2sc(=Cc3cn(C(C)C)c4ccccc34)c(=O)n2C1c1ccccc1OC. The van der Waals surface area contributed by atoms with Gasteiger partial charge in [0.15, 0.2) is 4.80 Å². The van der Waals surface area contributed by atoms with Crippen molar-refractivity contribution in [3.05, 3.63) is 96.8 Å². The molecule has 202 valence electrons. The number of methoxy groups -OCH3 is 2. The zero-order valence-corrected chi connectivity index (χ0v) is 23.5. The van der Waals surface area contributed by atoms with Crippen molar-refractivity contribution in [3.8, 4) is 5.75 Å². The van der Waals surface area contributed by atoms with Crippen LogP contribution in [0.1, 0.15) is 44.0 Å². The first-order chi connectivity index (χ1) is 18.8. The van der Waals surface area contributed by atoms with Crippen molar-refractivity contribution in [3.63, 3.8) is 0 Å². The van der Waals surface area contributed by atoms with E-state index >= 15 is 0 Å². The molecule has 1 aliphatic heterocycles. The summed E-state index contributed by atoms with van der Waals surface area (Å²) in [5, 5.41) is 1.07. The molecule has 3 heterocycles. The average Bonchev–Trinajstić information content (AvgIpc) is 3.45. The van der Waals surface area contributed by atoms with Gasteiger partial charge in [0.05, 0.1) is 29.5 Å². The van der Waals surface area contributed by atoms with Crippen molar-refractivity contribution in [1.29, 1.82) is 0 Å². The molecule has 0 saturated heterocycles. The van der Waals surface area contributed by atoms with Gasteiger partial charge in [-0.05, 0) is 39.0 Å². The third-order valence-electron chi connectivity index (χ3n) is 6.81. The van der Waals surface area contributed by atoms with E-state index in [-0.39, 0.29) is 24.8 Å². The van der Waals surface area contributed by atoms with Crippen molar-refractivity contribution < 1.29 is 19.0 Å². The Balaban J connectivity index is 1.72. The van der Waals surface area contributed by atoms with Gasteiger partial charge in [-0.15, -0.1) is 0 Å². The van der Waals surface area contributed by atoms with Gasteiger partial charge in [-0.3, -0.25) is 9.36 Å². The Kier molecular flexibility index (Phi) is 7.54. The molecule has 1 atom stereocenters. The molecule has 2 aromatic carbocycles. The highest BCUT2D eigenvalue weighted by Gasteiger charge is 2.35. The predicted octanol–water partition coefficient (Wildman–Crippen LogP) is 3.97. The number of rotatable bonds is 8. The number of allylic oxidation sites excluding steroid dienone is 1. The smallest absolute Gasteiger partial charge is 0.338 e. The summed E-state index contributed by atoms with van der Waals surface area (Å²) in [5.74, 6) is 0.0208. The summed E-state index contributed by atoms with van der Waals surface area (Å²) in [6.07, 6.45) is 4.00. The van der Waals surface area contributed by atoms with Crippen molar-refractivity contribution in [2.75, 3.05) is 27.4 Å². The number of hydrogen-bond donors (Lipinski definition) is 0. The highest BCUT2D eigenvalue weighted by Crippen LogP contribution is 2.35. The molecule has 0 fully saturated rings. The highest BCUT2D eigenvalue weighted by molar-refractivity contribution is 7.07. The molecule has 1 unspecified atom stereocenters. The first-order valence-corrected chi connectivity index (χ1v) is 13.6. The maximum absolute atomic E-state index is 14.1. The van der Waals surface area contributed by atoms with E-state index in [0.717, 1.165) is 16.5 Å². The molecule has 39 heavy (non-hydrogen) atoms. The number of fused-ring (bicyclic) bond motifs is 2. The summed E-state index contributed by atoms with van der Waals surface area (Å²) >= 11 is 1.31. The second-order valence-corrected chi connectivity index (χ2v) is 10.6. The number of aromatic nitrogens is 2. The molecule has 4 aromatic rings. The van der Waals surface area contributed by atoms with Gasteiger partial charge in [0, 0.05) is 41.4 Å². The Labute approximate surface area is 230 Å². The highest BCUT2D eigenvalue weighted by atomic mass is 32.1. The Bertz CT molecular complexity index is 1760. The summed E-state index contributed by atoms with van der Waals surface area (Å²) in [4.78, 5) is 32.6. The molecule has 0 aliphatic carbocycles. The van der Waals surface area contributed by atoms with E-state index in [0.29, 0.717) is 31.9 Å². The maximum Gasteiger partial charge on any atom is 0.338 e. The molecule has 0 bridgehead atoms. The largest absolute Gasteiger partial charge is 0.496 e. The fourth-order valence-electron chi connectivity index (χ4n) is 4.98. The summed E-state index contributed by atoms with van der Waals surface area (Å²) in [5.41, 5.74) is 3.30. The summed E-state index contributed by atoms with van der Waals surface area (Å²) in [7, 11) is 3.11. The third-order valence-corrected chi connectivity index (χ3v) is 7.79. The minimum absolute atomic E-state index is 0.0924. The fourth-order valence-corrected chi connectivity index (χ4v) is 6.02. The maximum atomic E-state index is 14.1. The molecule has 8 nitrogen and oxygen atoms in total. The van der Waals surface area contributed by atoms with Crippen LogP contribution < -0.4 is 19.6 Å². The van der Waals surface area contributed by atoms with Crippen LogP contribution in [0.15, 0.2) is 75.8 Å². The topological polar surface area (TPSA) is 84.0 Å². The van der Waals surface area contributed by atoms with Crippen LogP contribution in [0.3, 0.4) is 0 Å². The lowest BCUT2D eigenvalue weighted by atomic mass is 9.95. The molecule has 0 radical (unpaired) electrons. The van der Waals surface area contributed by atoms with Gasteiger partial charge in [-0.25, -0.2) is 9.79 Å². The molecular weight excluding hydrogens is 514 g/mol. The minimum Gasteiger partial charge on any atom is -0.496 e. The van der Waals surface area contributed by atoms with Gasteiger partial charge in [0.1, 0.15) is 18.4 Å². The van der Waals surface area contributed by atoms with Gasteiger partial charge >= 0.3 is 5.97 Å². The molecule has 1 aliphatic rings. The number of ether oxygens (including phenoxy) is 3. The van der Waals surface area contributed by atoms with E-state index in [1.165, 1.54) is 11.3 Å². The van der Waals surface area contributed by atoms with E-state index in [1.54, 1.807) is 25.7 Å². The van der Waals surface area contributed by atoms with Crippen LogP contribution in [-0.4, -0.2) is 42.5 Å². The second kappa shape index (κ2) is 11.0. The summed E-state index contributed by atoms with van der Waals surface area (Å²) in [6.45, 7) is 6.39. The lowest BCUT2D eigenvalue weighted by Crippen LogP contribution is -2.40. The van der Waals surface area contributed by atoms with E-state index in [1.807, 2.05) is 42.5 Å². The molecule has 5 rings (SSSR count). The normalized spacial score (nSPS) is 15.5. The van der Waals surface area contributed by atoms with Crippen LogP contribution >= 0.6 is 11.3 Å². The Morgan fingerprint density at radius 2 is 1.85 bits per heavy atom. The van der Waals surface area contributed by atoms with E-state index in [2.05, 4.69) is 41.7 Å². The number of nitrogens with zero attached hydrogens (tertiary/aromatic N) is 3. The summed E-state index contributed by atoms with van der Waals surface area (Å²) in [6, 6.07) is 15.0. The first kappa shape index (κ1) is 26.6. The van der Waals surface area contributed by atoms with Crippen LogP contribution in [0.25, 0.3) is 17.0 Å². The van der Waals surface area contributed by atoms with E-state index in [4.69, 9.17) is 14.2 Å². The van der Waals surface area contributed by atoms with Crippen LogP contribution in [-0.2, 0) is 14.3 Å². The molecule has 0 saturated carbocycles. The van der Waals surface area contributed by atoms with Gasteiger partial charge in [0.2, 0.25) is 0 Å². The predicted molar refractivity (Wildman–Crippen MR) is 152 cm³/mol. The number of esters is 1. The Hall–Kier alpha value is -3.95. The number of benzene rings is 2. The van der Waals surface area contributed by atoms with Crippen LogP contribution in [0.5, 0.6) is 5.75 Å². The number of carbonyl (C=O) groups excluding carboxylic acids is 1. The second-order valence-electron chi connectivity index (χ2n) is 9.56. The van der Waals surface area contributed by atoms with Gasteiger partial charge in [-0.1, -0.05) is 47.7 Å². The van der Waals surface area contributed by atoms with Crippen molar-refractivity contribution in [1.82, 2.24) is 9.13 Å². The molecule has 2 aromatic heterocycles. The van der Waals surface area contributed by atoms with Crippen molar-refractivity contribution in [2.45, 2.75) is 32.9 Å². The van der Waals surface area contributed by atoms with Crippen LogP contribution in [0.4, 0.5) is 0 Å². The van der Waals surface area contributed by atoms with Crippen molar-refractivity contribution in [2.24, 2.45) is 4.99 Å². The average molecular weight is 546 g/mol. The molecule has 0 N–H and O–H groups in total. The lowest BCUT2D eigenvalue weighted by Gasteiger charge is -2.26. The molecular formula is C30H31N3O5S. The van der Waals surface area contributed by atoms with Crippen LogP contribution in [0.2, 0.25) is 0 Å². The zero-order valence-electron chi connectivity index (χ0n) is 22.6. The Morgan fingerprint density at radius 1 is 1.10 bits per heavy atom. The van der Waals surface area contributed by atoms with Gasteiger partial charge < -0.3 is 18.8 Å². The number of carbonyl (C=O) groups is 1. The standard InChI is InChI=1S/C30H31N3O5S/c1-18(2)32-17-20(21-10-6-8-12-23(21)32)16-25-28(34)33-27(22-11-7-9-13-24(22)37-5)26(19(3)31-30(33)39-25)29(35)38-15-14-36-4/h6-13,16-18,27H,14-15H2,1-5H3. The quantitative estimate of drug-likeness (QED) is 0.247. The summed E-state index contributed by atoms with van der Waals surface area (Å²) < 4.78 is 20.5. The Morgan fingerprint density at radius 3 is 2.59 bits per heavy atom. The molecule has 0 spiro atoms. The molecule has 0 amide bonds. The number of hydrogen-bond acceptors (Lipinski definition) is 7. The van der Waals surface area contributed by atoms with E-state index < -0.39 is 12.0 Å². The number of para-hydroxylation sites is 2. The van der Waals surface area contributed by atoms with Gasteiger partial charge in [0.25, 0.3) is 5.56 Å². The fraction of sp³-hybridized carbons (Fsp3) is 0.300. The van der Waals surface area contributed by atoms with Crippen LogP contribution in [0, 0.1) is 0 Å². The van der Waals surface area contributed by atoms with Gasteiger partial charge in [-0.2, -0.15) is 0 Å².